The minimum Gasteiger partial charge on any atom is -0.478 e. The topological polar surface area (TPSA) is 49.3 Å². The van der Waals surface area contributed by atoms with Crippen LogP contribution < -0.4 is 5.32 Å². The molecular formula is C13H17NO2. The molecule has 0 aliphatic rings. The van der Waals surface area contributed by atoms with Crippen LogP contribution in [0.1, 0.15) is 25.5 Å². The van der Waals surface area contributed by atoms with Crippen molar-refractivity contribution in [2.24, 2.45) is 0 Å². The predicted octanol–water partition coefficient (Wildman–Crippen LogP) is 2.37. The SMILES string of the molecule is C/C(=C/CNC(C)c1ccccc1)C(=O)O. The normalized spacial score (nSPS) is 13.5. The van der Waals surface area contributed by atoms with Gasteiger partial charge in [-0.15, -0.1) is 0 Å². The van der Waals surface area contributed by atoms with Crippen molar-refractivity contribution in [3.63, 3.8) is 0 Å². The van der Waals surface area contributed by atoms with Crippen LogP contribution in [0.3, 0.4) is 0 Å². The molecule has 1 atom stereocenters. The average molecular weight is 219 g/mol. The molecule has 0 saturated heterocycles. The van der Waals surface area contributed by atoms with Crippen molar-refractivity contribution >= 4 is 5.97 Å². The van der Waals surface area contributed by atoms with Crippen molar-refractivity contribution in [2.75, 3.05) is 6.54 Å². The molecule has 0 spiro atoms. The molecule has 0 heterocycles. The van der Waals surface area contributed by atoms with Gasteiger partial charge in [-0.1, -0.05) is 36.4 Å². The van der Waals surface area contributed by atoms with Crippen LogP contribution in [0.2, 0.25) is 0 Å². The molecule has 0 aliphatic carbocycles. The Kier molecular flexibility index (Phi) is 4.73. The predicted molar refractivity (Wildman–Crippen MR) is 64.3 cm³/mol. The van der Waals surface area contributed by atoms with E-state index in [2.05, 4.69) is 12.2 Å². The van der Waals surface area contributed by atoms with E-state index in [1.807, 2.05) is 30.3 Å². The number of aliphatic carboxylic acids is 1. The van der Waals surface area contributed by atoms with E-state index in [0.717, 1.165) is 0 Å². The van der Waals surface area contributed by atoms with Gasteiger partial charge in [0.2, 0.25) is 0 Å². The third kappa shape index (κ3) is 3.87. The molecule has 0 aromatic heterocycles. The Hall–Kier alpha value is -1.61. The molecule has 0 aliphatic heterocycles. The lowest BCUT2D eigenvalue weighted by atomic mass is 10.1. The number of carboxylic acids is 1. The highest BCUT2D eigenvalue weighted by Crippen LogP contribution is 2.10. The van der Waals surface area contributed by atoms with Crippen molar-refractivity contribution in [3.8, 4) is 0 Å². The summed E-state index contributed by atoms with van der Waals surface area (Å²) in [4.78, 5) is 10.5. The second kappa shape index (κ2) is 6.08. The van der Waals surface area contributed by atoms with Crippen LogP contribution in [0.15, 0.2) is 42.0 Å². The first kappa shape index (κ1) is 12.5. The fraction of sp³-hybridized carbons (Fsp3) is 0.308. The van der Waals surface area contributed by atoms with Gasteiger partial charge < -0.3 is 10.4 Å². The zero-order valence-electron chi connectivity index (χ0n) is 9.60. The first-order chi connectivity index (χ1) is 7.61. The molecule has 3 nitrogen and oxygen atoms in total. The molecule has 0 radical (unpaired) electrons. The summed E-state index contributed by atoms with van der Waals surface area (Å²) in [6.07, 6.45) is 1.68. The number of rotatable bonds is 5. The van der Waals surface area contributed by atoms with Crippen molar-refractivity contribution in [1.82, 2.24) is 5.32 Å². The molecule has 0 bridgehead atoms. The van der Waals surface area contributed by atoms with Gasteiger partial charge in [-0.05, 0) is 19.4 Å². The van der Waals surface area contributed by atoms with E-state index in [-0.39, 0.29) is 6.04 Å². The lowest BCUT2D eigenvalue weighted by Crippen LogP contribution is -2.19. The fourth-order valence-electron chi connectivity index (χ4n) is 1.34. The van der Waals surface area contributed by atoms with Gasteiger partial charge in [0.1, 0.15) is 0 Å². The van der Waals surface area contributed by atoms with Crippen molar-refractivity contribution in [2.45, 2.75) is 19.9 Å². The van der Waals surface area contributed by atoms with Gasteiger partial charge >= 0.3 is 5.97 Å². The van der Waals surface area contributed by atoms with Gasteiger partial charge in [0.05, 0.1) is 0 Å². The molecule has 1 rings (SSSR count). The van der Waals surface area contributed by atoms with E-state index in [9.17, 15) is 4.79 Å². The van der Waals surface area contributed by atoms with Gasteiger partial charge in [-0.2, -0.15) is 0 Å². The van der Waals surface area contributed by atoms with E-state index in [0.29, 0.717) is 12.1 Å². The molecule has 1 aromatic rings. The summed E-state index contributed by atoms with van der Waals surface area (Å²) in [5, 5.41) is 11.9. The monoisotopic (exact) mass is 219 g/mol. The molecule has 86 valence electrons. The molecule has 0 fully saturated rings. The zero-order valence-corrected chi connectivity index (χ0v) is 9.60. The summed E-state index contributed by atoms with van der Waals surface area (Å²) in [7, 11) is 0. The minimum absolute atomic E-state index is 0.221. The van der Waals surface area contributed by atoms with E-state index in [1.54, 1.807) is 13.0 Å². The van der Waals surface area contributed by atoms with Gasteiger partial charge in [-0.25, -0.2) is 4.79 Å². The molecule has 16 heavy (non-hydrogen) atoms. The second-order valence-corrected chi connectivity index (χ2v) is 3.73. The van der Waals surface area contributed by atoms with Crippen molar-refractivity contribution in [1.29, 1.82) is 0 Å². The van der Waals surface area contributed by atoms with Gasteiger partial charge in [-0.3, -0.25) is 0 Å². The van der Waals surface area contributed by atoms with E-state index in [4.69, 9.17) is 5.11 Å². The summed E-state index contributed by atoms with van der Waals surface area (Å²) in [5.41, 5.74) is 1.57. The molecule has 2 N–H and O–H groups in total. The highest BCUT2D eigenvalue weighted by molar-refractivity contribution is 5.85. The van der Waals surface area contributed by atoms with Gasteiger partial charge in [0, 0.05) is 18.2 Å². The summed E-state index contributed by atoms with van der Waals surface area (Å²) in [6, 6.07) is 10.3. The average Bonchev–Trinajstić information content (AvgIpc) is 2.29. The Labute approximate surface area is 95.8 Å². The number of nitrogens with one attached hydrogen (secondary N) is 1. The summed E-state index contributed by atoms with van der Waals surface area (Å²) < 4.78 is 0. The van der Waals surface area contributed by atoms with Crippen LogP contribution in [-0.4, -0.2) is 17.6 Å². The van der Waals surface area contributed by atoms with Crippen LogP contribution in [0.5, 0.6) is 0 Å². The van der Waals surface area contributed by atoms with Crippen LogP contribution in [0, 0.1) is 0 Å². The standard InChI is InChI=1S/C13H17NO2/c1-10(13(15)16)8-9-14-11(2)12-6-4-3-5-7-12/h3-8,11,14H,9H2,1-2H3,(H,15,16)/b10-8-. The number of benzene rings is 1. The maximum absolute atomic E-state index is 10.5. The molecule has 3 heteroatoms. The zero-order chi connectivity index (χ0) is 12.0. The third-order valence-electron chi connectivity index (χ3n) is 2.47. The molecule has 1 unspecified atom stereocenters. The van der Waals surface area contributed by atoms with Crippen LogP contribution >= 0.6 is 0 Å². The largest absolute Gasteiger partial charge is 0.478 e. The Morgan fingerprint density at radius 2 is 2.06 bits per heavy atom. The lowest BCUT2D eigenvalue weighted by molar-refractivity contribution is -0.132. The fourth-order valence-corrected chi connectivity index (χ4v) is 1.34. The number of carboxylic acid groups (broad SMARTS) is 1. The number of hydrogen-bond acceptors (Lipinski definition) is 2. The molecule has 0 amide bonds. The van der Waals surface area contributed by atoms with E-state index < -0.39 is 5.97 Å². The maximum atomic E-state index is 10.5. The van der Waals surface area contributed by atoms with Gasteiger partial charge in [0.25, 0.3) is 0 Å². The Morgan fingerprint density at radius 3 is 2.62 bits per heavy atom. The number of hydrogen-bond donors (Lipinski definition) is 2. The summed E-state index contributed by atoms with van der Waals surface area (Å²) in [6.45, 7) is 4.21. The van der Waals surface area contributed by atoms with E-state index >= 15 is 0 Å². The maximum Gasteiger partial charge on any atom is 0.330 e. The lowest BCUT2D eigenvalue weighted by Gasteiger charge is -2.12. The van der Waals surface area contributed by atoms with Crippen molar-refractivity contribution in [3.05, 3.63) is 47.5 Å². The number of carbonyl (C=O) groups is 1. The smallest absolute Gasteiger partial charge is 0.330 e. The summed E-state index contributed by atoms with van der Waals surface area (Å²) >= 11 is 0. The Balaban J connectivity index is 2.45. The Bertz CT molecular complexity index is 371. The third-order valence-corrected chi connectivity index (χ3v) is 2.47. The summed E-state index contributed by atoms with van der Waals surface area (Å²) in [5.74, 6) is -0.867. The van der Waals surface area contributed by atoms with Crippen LogP contribution in [-0.2, 0) is 4.79 Å². The molecule has 1 aromatic carbocycles. The van der Waals surface area contributed by atoms with Crippen molar-refractivity contribution < 1.29 is 9.90 Å². The first-order valence-electron chi connectivity index (χ1n) is 5.29. The highest BCUT2D eigenvalue weighted by Gasteiger charge is 2.03. The molecule has 0 saturated carbocycles. The Morgan fingerprint density at radius 1 is 1.44 bits per heavy atom. The first-order valence-corrected chi connectivity index (χ1v) is 5.29. The molecular weight excluding hydrogens is 202 g/mol. The van der Waals surface area contributed by atoms with Crippen LogP contribution in [0.4, 0.5) is 0 Å². The van der Waals surface area contributed by atoms with E-state index in [1.165, 1.54) is 5.56 Å². The van der Waals surface area contributed by atoms with Gasteiger partial charge in [0.15, 0.2) is 0 Å². The highest BCUT2D eigenvalue weighted by atomic mass is 16.4. The minimum atomic E-state index is -0.867. The van der Waals surface area contributed by atoms with Crippen LogP contribution in [0.25, 0.3) is 0 Å². The quantitative estimate of drug-likeness (QED) is 0.747. The second-order valence-electron chi connectivity index (χ2n) is 3.73.